The van der Waals surface area contributed by atoms with Crippen LogP contribution >= 0.6 is 21.7 Å². The Bertz CT molecular complexity index is 356. The van der Waals surface area contributed by atoms with E-state index in [2.05, 4.69) is 5.32 Å². The standard InChI is InChI=1S/C8H6ClNO2S/c9-13-5-1-2-7-6(3-5)10-8(11)4-12-7/h1-3H,4H2,(H,10,11). The minimum absolute atomic E-state index is 0.0837. The zero-order valence-corrected chi connectivity index (χ0v) is 8.11. The van der Waals surface area contributed by atoms with Crippen molar-refractivity contribution in [2.45, 2.75) is 4.90 Å². The topological polar surface area (TPSA) is 38.3 Å². The molecule has 1 aliphatic heterocycles. The molecule has 1 aromatic rings. The van der Waals surface area contributed by atoms with Gasteiger partial charge in [-0.25, -0.2) is 0 Å². The number of rotatable bonds is 1. The van der Waals surface area contributed by atoms with Crippen LogP contribution in [-0.4, -0.2) is 12.5 Å². The summed E-state index contributed by atoms with van der Waals surface area (Å²) in [5.74, 6) is 0.554. The number of hydrogen-bond donors (Lipinski definition) is 1. The van der Waals surface area contributed by atoms with Gasteiger partial charge >= 0.3 is 0 Å². The number of carbonyl (C=O) groups excluding carboxylic acids is 1. The maximum Gasteiger partial charge on any atom is 0.262 e. The summed E-state index contributed by atoms with van der Waals surface area (Å²) >= 11 is 0. The quantitative estimate of drug-likeness (QED) is 0.781. The molecule has 2 rings (SSSR count). The Balaban J connectivity index is 2.38. The molecule has 1 aliphatic rings. The third-order valence-corrected chi connectivity index (χ3v) is 2.64. The SMILES string of the molecule is O=C1COc2ccc(SCl)cc2N1. The maximum atomic E-state index is 10.9. The van der Waals surface area contributed by atoms with Gasteiger partial charge in [0.05, 0.1) is 5.69 Å². The zero-order chi connectivity index (χ0) is 9.26. The Kier molecular flexibility index (Phi) is 2.33. The third-order valence-electron chi connectivity index (χ3n) is 1.67. The summed E-state index contributed by atoms with van der Waals surface area (Å²) in [6.07, 6.45) is 0. The van der Waals surface area contributed by atoms with Crippen molar-refractivity contribution in [2.75, 3.05) is 11.9 Å². The number of ether oxygens (including phenoxy) is 1. The molecule has 1 N–H and O–H groups in total. The van der Waals surface area contributed by atoms with Crippen molar-refractivity contribution in [3.05, 3.63) is 18.2 Å². The summed E-state index contributed by atoms with van der Waals surface area (Å²) in [5, 5.41) is 2.70. The van der Waals surface area contributed by atoms with E-state index in [0.717, 1.165) is 15.9 Å². The van der Waals surface area contributed by atoms with Crippen LogP contribution in [0.4, 0.5) is 5.69 Å². The molecule has 0 fully saturated rings. The van der Waals surface area contributed by atoms with E-state index < -0.39 is 0 Å². The van der Waals surface area contributed by atoms with Gasteiger partial charge < -0.3 is 10.1 Å². The molecule has 13 heavy (non-hydrogen) atoms. The number of nitrogens with one attached hydrogen (secondary N) is 1. The molecule has 0 atom stereocenters. The van der Waals surface area contributed by atoms with Gasteiger partial charge in [-0.15, -0.1) is 0 Å². The van der Waals surface area contributed by atoms with Crippen LogP contribution in [0.2, 0.25) is 0 Å². The van der Waals surface area contributed by atoms with Crippen LogP contribution in [0.5, 0.6) is 5.75 Å². The highest BCUT2D eigenvalue weighted by Crippen LogP contribution is 2.33. The molecular weight excluding hydrogens is 210 g/mol. The van der Waals surface area contributed by atoms with Crippen LogP contribution in [0, 0.1) is 0 Å². The second kappa shape index (κ2) is 3.47. The molecule has 1 amide bonds. The second-order valence-electron chi connectivity index (χ2n) is 2.57. The number of fused-ring (bicyclic) bond motifs is 1. The molecule has 0 aliphatic carbocycles. The highest BCUT2D eigenvalue weighted by Gasteiger charge is 2.15. The molecule has 0 radical (unpaired) electrons. The average Bonchev–Trinajstić information content (AvgIpc) is 2.16. The molecule has 0 bridgehead atoms. The smallest absolute Gasteiger partial charge is 0.262 e. The fourth-order valence-corrected chi connectivity index (χ4v) is 1.68. The van der Waals surface area contributed by atoms with Gasteiger partial charge in [-0.2, -0.15) is 0 Å². The summed E-state index contributed by atoms with van der Waals surface area (Å²) < 4.78 is 5.17. The van der Waals surface area contributed by atoms with Crippen LogP contribution in [-0.2, 0) is 4.79 Å². The Labute approximate surface area is 83.9 Å². The number of hydrogen-bond acceptors (Lipinski definition) is 3. The highest BCUT2D eigenvalue weighted by atomic mass is 35.7. The van der Waals surface area contributed by atoms with E-state index in [4.69, 9.17) is 15.4 Å². The molecular formula is C8H6ClNO2S. The van der Waals surface area contributed by atoms with Crippen LogP contribution in [0.15, 0.2) is 23.1 Å². The first-order valence-corrected chi connectivity index (χ1v) is 5.29. The van der Waals surface area contributed by atoms with E-state index in [9.17, 15) is 4.79 Å². The summed E-state index contributed by atoms with van der Waals surface area (Å²) in [4.78, 5) is 11.8. The molecule has 5 heteroatoms. The van der Waals surface area contributed by atoms with Gasteiger partial charge in [-0.05, 0) is 39.9 Å². The van der Waals surface area contributed by atoms with Gasteiger partial charge in [0.1, 0.15) is 5.75 Å². The van der Waals surface area contributed by atoms with Crippen molar-refractivity contribution >= 4 is 33.3 Å². The van der Waals surface area contributed by atoms with E-state index in [1.807, 2.05) is 6.07 Å². The van der Waals surface area contributed by atoms with Crippen molar-refractivity contribution in [1.29, 1.82) is 0 Å². The normalized spacial score (nSPS) is 14.4. The third kappa shape index (κ3) is 1.73. The number of anilines is 1. The molecule has 0 saturated carbocycles. The van der Waals surface area contributed by atoms with Gasteiger partial charge in [0.2, 0.25) is 0 Å². The van der Waals surface area contributed by atoms with Crippen molar-refractivity contribution in [3.8, 4) is 5.75 Å². The van der Waals surface area contributed by atoms with Gasteiger partial charge in [0.15, 0.2) is 6.61 Å². The van der Waals surface area contributed by atoms with Crippen LogP contribution in [0.25, 0.3) is 0 Å². The first-order chi connectivity index (χ1) is 6.29. The van der Waals surface area contributed by atoms with Gasteiger partial charge in [-0.1, -0.05) is 0 Å². The van der Waals surface area contributed by atoms with Gasteiger partial charge in [-0.3, -0.25) is 4.79 Å². The minimum Gasteiger partial charge on any atom is -0.482 e. The van der Waals surface area contributed by atoms with Crippen molar-refractivity contribution in [1.82, 2.24) is 0 Å². The lowest BCUT2D eigenvalue weighted by Gasteiger charge is -2.17. The molecule has 68 valence electrons. The lowest BCUT2D eigenvalue weighted by Crippen LogP contribution is -2.25. The van der Waals surface area contributed by atoms with E-state index in [1.165, 1.54) is 0 Å². The average molecular weight is 216 g/mol. The van der Waals surface area contributed by atoms with E-state index in [1.54, 1.807) is 12.1 Å². The Hall–Kier alpha value is -0.870. The fourth-order valence-electron chi connectivity index (χ4n) is 1.11. The molecule has 0 aromatic heterocycles. The minimum atomic E-state index is -0.135. The Morgan fingerprint density at radius 2 is 2.38 bits per heavy atom. The first kappa shape index (κ1) is 8.72. The largest absolute Gasteiger partial charge is 0.482 e. The molecule has 3 nitrogen and oxygen atoms in total. The fraction of sp³-hybridized carbons (Fsp3) is 0.125. The molecule has 1 heterocycles. The highest BCUT2D eigenvalue weighted by molar-refractivity contribution is 8.21. The molecule has 1 aromatic carbocycles. The lowest BCUT2D eigenvalue weighted by molar-refractivity contribution is -0.118. The summed E-state index contributed by atoms with van der Waals surface area (Å²) in [6.45, 7) is 0.0837. The van der Waals surface area contributed by atoms with E-state index in [0.29, 0.717) is 11.4 Å². The molecule has 0 spiro atoms. The molecule has 0 saturated heterocycles. The van der Waals surface area contributed by atoms with Gasteiger partial charge in [0.25, 0.3) is 5.91 Å². The van der Waals surface area contributed by atoms with E-state index in [-0.39, 0.29) is 12.5 Å². The Morgan fingerprint density at radius 1 is 1.54 bits per heavy atom. The zero-order valence-electron chi connectivity index (χ0n) is 6.54. The Morgan fingerprint density at radius 3 is 3.15 bits per heavy atom. The number of carbonyl (C=O) groups is 1. The summed E-state index contributed by atoms with van der Waals surface area (Å²) in [5.41, 5.74) is 0.682. The predicted molar refractivity (Wildman–Crippen MR) is 52.3 cm³/mol. The molecule has 0 unspecified atom stereocenters. The van der Waals surface area contributed by atoms with Crippen molar-refractivity contribution in [3.63, 3.8) is 0 Å². The number of amides is 1. The number of halogens is 1. The second-order valence-corrected chi connectivity index (χ2v) is 3.66. The van der Waals surface area contributed by atoms with Crippen LogP contribution in [0.3, 0.4) is 0 Å². The van der Waals surface area contributed by atoms with Crippen molar-refractivity contribution in [2.24, 2.45) is 0 Å². The predicted octanol–water partition coefficient (Wildman–Crippen LogP) is 2.26. The first-order valence-electron chi connectivity index (χ1n) is 3.65. The van der Waals surface area contributed by atoms with E-state index >= 15 is 0 Å². The summed E-state index contributed by atoms with van der Waals surface area (Å²) in [6, 6.07) is 5.41. The maximum absolute atomic E-state index is 10.9. The monoisotopic (exact) mass is 215 g/mol. The van der Waals surface area contributed by atoms with Crippen LogP contribution in [0.1, 0.15) is 0 Å². The lowest BCUT2D eigenvalue weighted by atomic mass is 10.2. The summed E-state index contributed by atoms with van der Waals surface area (Å²) in [7, 11) is 6.68. The number of benzene rings is 1. The van der Waals surface area contributed by atoms with Crippen LogP contribution < -0.4 is 10.1 Å². The van der Waals surface area contributed by atoms with Crippen molar-refractivity contribution < 1.29 is 9.53 Å². The van der Waals surface area contributed by atoms with Gasteiger partial charge in [0, 0.05) is 4.90 Å².